The average Bonchev–Trinajstić information content (AvgIpc) is 3.35. The van der Waals surface area contributed by atoms with Crippen molar-refractivity contribution in [3.63, 3.8) is 0 Å². The van der Waals surface area contributed by atoms with Crippen LogP contribution in [0.1, 0.15) is 0 Å². The van der Waals surface area contributed by atoms with Crippen LogP contribution in [0.4, 0.5) is 0 Å². The molecule has 0 radical (unpaired) electrons. The van der Waals surface area contributed by atoms with E-state index in [-0.39, 0.29) is 0 Å². The molecule has 0 aliphatic carbocycles. The molecular formula is C33H20BrN3O. The minimum atomic E-state index is 0.619. The monoisotopic (exact) mass is 553 g/mol. The first-order valence-corrected chi connectivity index (χ1v) is 13.1. The zero-order chi connectivity index (χ0) is 25.5. The van der Waals surface area contributed by atoms with Crippen LogP contribution in [0.5, 0.6) is 0 Å². The molecule has 2 aromatic heterocycles. The number of rotatable bonds is 4. The van der Waals surface area contributed by atoms with Crippen LogP contribution in [0, 0.1) is 0 Å². The summed E-state index contributed by atoms with van der Waals surface area (Å²) in [6, 6.07) is 40.8. The lowest BCUT2D eigenvalue weighted by Gasteiger charge is -2.10. The Kier molecular flexibility index (Phi) is 5.56. The summed E-state index contributed by atoms with van der Waals surface area (Å²) in [6.45, 7) is 0. The first kappa shape index (κ1) is 22.6. The summed E-state index contributed by atoms with van der Waals surface area (Å²) >= 11 is 3.58. The highest BCUT2D eigenvalue weighted by Gasteiger charge is 2.15. The molecule has 0 N–H and O–H groups in total. The molecule has 0 saturated carbocycles. The molecule has 0 fully saturated rings. The lowest BCUT2D eigenvalue weighted by Crippen LogP contribution is -2.00. The molecule has 0 aliphatic rings. The maximum absolute atomic E-state index is 6.04. The maximum Gasteiger partial charge on any atom is 0.164 e. The van der Waals surface area contributed by atoms with Crippen LogP contribution in [0.15, 0.2) is 130 Å². The van der Waals surface area contributed by atoms with Gasteiger partial charge in [-0.2, -0.15) is 0 Å². The Balaban J connectivity index is 1.41. The maximum atomic E-state index is 6.04. The minimum absolute atomic E-state index is 0.619. The van der Waals surface area contributed by atoms with Gasteiger partial charge in [-0.1, -0.05) is 94.8 Å². The van der Waals surface area contributed by atoms with Gasteiger partial charge in [0, 0.05) is 31.9 Å². The Bertz CT molecular complexity index is 1950. The number of aromatic nitrogens is 3. The van der Waals surface area contributed by atoms with Gasteiger partial charge in [0.05, 0.1) is 0 Å². The topological polar surface area (TPSA) is 51.8 Å². The van der Waals surface area contributed by atoms with E-state index in [1.807, 2.05) is 84.9 Å². The highest BCUT2D eigenvalue weighted by molar-refractivity contribution is 9.10. The molecule has 0 spiro atoms. The van der Waals surface area contributed by atoms with Gasteiger partial charge in [0.15, 0.2) is 17.5 Å². The summed E-state index contributed by atoms with van der Waals surface area (Å²) in [7, 11) is 0. The van der Waals surface area contributed by atoms with E-state index >= 15 is 0 Å². The summed E-state index contributed by atoms with van der Waals surface area (Å²) in [5, 5.41) is 2.11. The number of para-hydroxylation sites is 1. The smallest absolute Gasteiger partial charge is 0.164 e. The van der Waals surface area contributed by atoms with Gasteiger partial charge in [-0.15, -0.1) is 0 Å². The SMILES string of the molecule is Brc1cccc(-c2cccc(-c3nc(-c4ccccc4)nc(-c4ccc5oc6ccccc6c5c4)n3)c2)c1. The lowest BCUT2D eigenvalue weighted by atomic mass is 10.0. The molecule has 7 aromatic rings. The molecule has 180 valence electrons. The van der Waals surface area contributed by atoms with Crippen molar-refractivity contribution in [1.29, 1.82) is 0 Å². The van der Waals surface area contributed by atoms with E-state index in [4.69, 9.17) is 19.4 Å². The fourth-order valence-electron chi connectivity index (χ4n) is 4.72. The number of hydrogen-bond donors (Lipinski definition) is 0. The van der Waals surface area contributed by atoms with Crippen LogP contribution in [-0.2, 0) is 0 Å². The van der Waals surface area contributed by atoms with Crippen molar-refractivity contribution in [3.05, 3.63) is 126 Å². The highest BCUT2D eigenvalue weighted by Crippen LogP contribution is 2.33. The normalized spacial score (nSPS) is 11.3. The van der Waals surface area contributed by atoms with Gasteiger partial charge in [0.25, 0.3) is 0 Å². The zero-order valence-electron chi connectivity index (χ0n) is 20.2. The van der Waals surface area contributed by atoms with Crippen molar-refractivity contribution in [2.75, 3.05) is 0 Å². The van der Waals surface area contributed by atoms with Crippen LogP contribution in [0.25, 0.3) is 67.2 Å². The van der Waals surface area contributed by atoms with Crippen LogP contribution >= 0.6 is 15.9 Å². The summed E-state index contributed by atoms with van der Waals surface area (Å²) in [6.07, 6.45) is 0. The molecule has 4 nitrogen and oxygen atoms in total. The van der Waals surface area contributed by atoms with Crippen LogP contribution in [-0.4, -0.2) is 15.0 Å². The van der Waals surface area contributed by atoms with E-state index < -0.39 is 0 Å². The van der Waals surface area contributed by atoms with Gasteiger partial charge in [-0.25, -0.2) is 15.0 Å². The van der Waals surface area contributed by atoms with E-state index in [0.29, 0.717) is 17.5 Å². The number of furan rings is 1. The second kappa shape index (κ2) is 9.36. The predicted octanol–water partition coefficient (Wildman–Crippen LogP) is 9.20. The van der Waals surface area contributed by atoms with Gasteiger partial charge in [0.1, 0.15) is 11.2 Å². The van der Waals surface area contributed by atoms with E-state index in [2.05, 4.69) is 52.3 Å². The van der Waals surface area contributed by atoms with Crippen molar-refractivity contribution in [2.24, 2.45) is 0 Å². The second-order valence-electron chi connectivity index (χ2n) is 9.07. The molecule has 0 amide bonds. The van der Waals surface area contributed by atoms with Crippen molar-refractivity contribution >= 4 is 37.9 Å². The number of halogens is 1. The minimum Gasteiger partial charge on any atom is -0.456 e. The van der Waals surface area contributed by atoms with Crippen LogP contribution in [0.2, 0.25) is 0 Å². The molecule has 0 atom stereocenters. The van der Waals surface area contributed by atoms with E-state index in [0.717, 1.165) is 54.2 Å². The first-order valence-electron chi connectivity index (χ1n) is 12.3. The molecule has 7 rings (SSSR count). The predicted molar refractivity (Wildman–Crippen MR) is 157 cm³/mol. The number of nitrogens with zero attached hydrogens (tertiary/aromatic N) is 3. The molecule has 0 aliphatic heterocycles. The van der Waals surface area contributed by atoms with Gasteiger partial charge in [-0.05, 0) is 53.6 Å². The quantitative estimate of drug-likeness (QED) is 0.218. The highest BCUT2D eigenvalue weighted by atomic mass is 79.9. The molecule has 5 aromatic carbocycles. The third kappa shape index (κ3) is 4.17. The van der Waals surface area contributed by atoms with Gasteiger partial charge < -0.3 is 4.42 Å². The van der Waals surface area contributed by atoms with Crippen LogP contribution < -0.4 is 0 Å². The van der Waals surface area contributed by atoms with E-state index in [1.54, 1.807) is 0 Å². The lowest BCUT2D eigenvalue weighted by molar-refractivity contribution is 0.669. The Morgan fingerprint density at radius 3 is 1.79 bits per heavy atom. The van der Waals surface area contributed by atoms with Crippen molar-refractivity contribution in [3.8, 4) is 45.3 Å². The van der Waals surface area contributed by atoms with Crippen molar-refractivity contribution in [1.82, 2.24) is 15.0 Å². The third-order valence-electron chi connectivity index (χ3n) is 6.58. The molecular weight excluding hydrogens is 534 g/mol. The molecule has 2 heterocycles. The zero-order valence-corrected chi connectivity index (χ0v) is 21.8. The molecule has 5 heteroatoms. The van der Waals surface area contributed by atoms with Crippen LogP contribution in [0.3, 0.4) is 0 Å². The molecule has 0 saturated heterocycles. The Morgan fingerprint density at radius 2 is 1.00 bits per heavy atom. The molecule has 0 bridgehead atoms. The van der Waals surface area contributed by atoms with Gasteiger partial charge >= 0.3 is 0 Å². The molecule has 0 unspecified atom stereocenters. The summed E-state index contributed by atoms with van der Waals surface area (Å²) in [4.78, 5) is 14.8. The Labute approximate surface area is 227 Å². The fraction of sp³-hybridized carbons (Fsp3) is 0. The fourth-order valence-corrected chi connectivity index (χ4v) is 5.12. The van der Waals surface area contributed by atoms with E-state index in [1.165, 1.54) is 0 Å². The summed E-state index contributed by atoms with van der Waals surface area (Å²) < 4.78 is 7.07. The molecule has 38 heavy (non-hydrogen) atoms. The van der Waals surface area contributed by atoms with Gasteiger partial charge in [0.2, 0.25) is 0 Å². The van der Waals surface area contributed by atoms with Crippen molar-refractivity contribution in [2.45, 2.75) is 0 Å². The van der Waals surface area contributed by atoms with Crippen molar-refractivity contribution < 1.29 is 4.42 Å². The Hall–Kier alpha value is -4.61. The Morgan fingerprint density at radius 1 is 0.421 bits per heavy atom. The summed E-state index contributed by atoms with van der Waals surface area (Å²) in [5.41, 5.74) is 6.70. The van der Waals surface area contributed by atoms with E-state index in [9.17, 15) is 0 Å². The number of hydrogen-bond acceptors (Lipinski definition) is 4. The standard InChI is InChI=1S/C33H20BrN3O/c34-26-13-7-11-23(19-26)22-10-6-12-24(18-22)32-35-31(21-8-2-1-3-9-21)36-33(37-32)25-16-17-30-28(20-25)27-14-4-5-15-29(27)38-30/h1-20H. The third-order valence-corrected chi connectivity index (χ3v) is 7.07. The largest absolute Gasteiger partial charge is 0.456 e. The number of fused-ring (bicyclic) bond motifs is 3. The number of benzene rings is 5. The first-order chi connectivity index (χ1) is 18.7. The van der Waals surface area contributed by atoms with Gasteiger partial charge in [-0.3, -0.25) is 0 Å². The average molecular weight is 554 g/mol. The second-order valence-corrected chi connectivity index (χ2v) is 9.99. The summed E-state index contributed by atoms with van der Waals surface area (Å²) in [5.74, 6) is 1.88.